The molecule has 1 aliphatic heterocycles. The molecule has 0 aliphatic carbocycles. The third kappa shape index (κ3) is 4.03. The average Bonchev–Trinajstić information content (AvgIpc) is 3.17. The van der Waals surface area contributed by atoms with Crippen LogP contribution in [0.3, 0.4) is 0 Å². The van der Waals surface area contributed by atoms with E-state index >= 15 is 0 Å². The van der Waals surface area contributed by atoms with Gasteiger partial charge in [0.05, 0.1) is 6.42 Å². The van der Waals surface area contributed by atoms with Gasteiger partial charge in [-0.3, -0.25) is 9.59 Å². The molecule has 2 aromatic heterocycles. The van der Waals surface area contributed by atoms with Gasteiger partial charge in [-0.05, 0) is 41.3 Å². The number of furan rings is 1. The van der Waals surface area contributed by atoms with E-state index in [2.05, 4.69) is 16.0 Å². The number of carbonyl (C=O) groups excluding carboxylic acids is 2. The van der Waals surface area contributed by atoms with Gasteiger partial charge in [0.15, 0.2) is 5.76 Å². The maximum absolute atomic E-state index is 12.7. The van der Waals surface area contributed by atoms with Crippen LogP contribution >= 0.6 is 0 Å². The second-order valence-electron chi connectivity index (χ2n) is 7.32. The number of aromatic nitrogens is 2. The molecular formula is C22H22N4O3. The molecule has 0 unspecified atom stereocenters. The van der Waals surface area contributed by atoms with Crippen LogP contribution in [-0.4, -0.2) is 58.8 Å². The Bertz CT molecular complexity index is 1090. The average molecular weight is 390 g/mol. The fraction of sp³-hybridized carbons (Fsp3) is 0.273. The van der Waals surface area contributed by atoms with Crippen molar-refractivity contribution in [3.8, 4) is 0 Å². The Morgan fingerprint density at radius 1 is 1.17 bits per heavy atom. The summed E-state index contributed by atoms with van der Waals surface area (Å²) in [5.74, 6) is 0.219. The molecule has 0 saturated carbocycles. The van der Waals surface area contributed by atoms with Crippen LogP contribution in [0.1, 0.15) is 28.1 Å². The van der Waals surface area contributed by atoms with Gasteiger partial charge in [0.2, 0.25) is 5.91 Å². The van der Waals surface area contributed by atoms with Gasteiger partial charge < -0.3 is 14.2 Å². The van der Waals surface area contributed by atoms with Gasteiger partial charge >= 0.3 is 0 Å². The molecule has 0 N–H and O–H groups in total. The Morgan fingerprint density at radius 3 is 2.72 bits per heavy atom. The lowest BCUT2D eigenvalue weighted by molar-refractivity contribution is -0.130. The summed E-state index contributed by atoms with van der Waals surface area (Å²) in [4.78, 5) is 36.1. The van der Waals surface area contributed by atoms with Crippen molar-refractivity contribution in [2.45, 2.75) is 12.8 Å². The van der Waals surface area contributed by atoms with Crippen molar-refractivity contribution < 1.29 is 14.0 Å². The predicted molar refractivity (Wildman–Crippen MR) is 109 cm³/mol. The van der Waals surface area contributed by atoms with Crippen LogP contribution < -0.4 is 0 Å². The molecule has 4 rings (SSSR count). The highest BCUT2D eigenvalue weighted by atomic mass is 16.3. The molecule has 2 amide bonds. The van der Waals surface area contributed by atoms with Crippen LogP contribution in [0.5, 0.6) is 0 Å². The first-order valence-corrected chi connectivity index (χ1v) is 9.47. The number of hydrogen-bond acceptors (Lipinski definition) is 5. The summed E-state index contributed by atoms with van der Waals surface area (Å²) in [5.41, 5.74) is 3.61. The highest BCUT2D eigenvalue weighted by Gasteiger charge is 2.20. The van der Waals surface area contributed by atoms with Crippen molar-refractivity contribution in [1.82, 2.24) is 19.8 Å². The van der Waals surface area contributed by atoms with E-state index in [-0.39, 0.29) is 11.8 Å². The van der Waals surface area contributed by atoms with Crippen LogP contribution in [0.2, 0.25) is 0 Å². The van der Waals surface area contributed by atoms with Crippen LogP contribution in [0, 0.1) is 0 Å². The SMILES string of the molecule is CN(C)C(=O)c1cc2cc(C3=CCCN(C(=O)Cc4cncnc4)C3)ccc2o1. The molecule has 0 fully saturated rings. The third-order valence-electron chi connectivity index (χ3n) is 4.98. The lowest BCUT2D eigenvalue weighted by Gasteiger charge is -2.27. The van der Waals surface area contributed by atoms with E-state index in [9.17, 15) is 9.59 Å². The standard InChI is InChI=1S/C22H22N4O3/c1-25(2)22(28)20-10-18-9-16(5-6-19(18)29-20)17-4-3-7-26(13-17)21(27)8-15-11-23-14-24-12-15/h4-6,9-12,14H,3,7-8,13H2,1-2H3. The van der Waals surface area contributed by atoms with E-state index in [4.69, 9.17) is 4.42 Å². The topological polar surface area (TPSA) is 79.5 Å². The van der Waals surface area contributed by atoms with E-state index in [0.717, 1.165) is 28.5 Å². The summed E-state index contributed by atoms with van der Waals surface area (Å²) in [6.07, 6.45) is 8.07. The smallest absolute Gasteiger partial charge is 0.289 e. The van der Waals surface area contributed by atoms with Gasteiger partial charge in [-0.1, -0.05) is 12.1 Å². The van der Waals surface area contributed by atoms with Crippen molar-refractivity contribution in [3.63, 3.8) is 0 Å². The number of hydrogen-bond donors (Lipinski definition) is 0. The minimum absolute atomic E-state index is 0.0636. The van der Waals surface area contributed by atoms with Gasteiger partial charge in [0.1, 0.15) is 11.9 Å². The van der Waals surface area contributed by atoms with Crippen molar-refractivity contribution >= 4 is 28.4 Å². The molecule has 0 radical (unpaired) electrons. The normalized spacial score (nSPS) is 14.0. The number of amides is 2. The van der Waals surface area contributed by atoms with Crippen molar-refractivity contribution in [2.75, 3.05) is 27.2 Å². The highest BCUT2D eigenvalue weighted by Crippen LogP contribution is 2.27. The van der Waals surface area contributed by atoms with Gasteiger partial charge in [-0.25, -0.2) is 9.97 Å². The molecule has 1 aromatic carbocycles. The number of benzene rings is 1. The fourth-order valence-electron chi connectivity index (χ4n) is 3.44. The van der Waals surface area contributed by atoms with E-state index in [0.29, 0.717) is 30.9 Å². The second-order valence-corrected chi connectivity index (χ2v) is 7.32. The van der Waals surface area contributed by atoms with E-state index in [1.807, 2.05) is 23.1 Å². The zero-order valence-electron chi connectivity index (χ0n) is 16.5. The summed E-state index contributed by atoms with van der Waals surface area (Å²) < 4.78 is 5.67. The van der Waals surface area contributed by atoms with Gasteiger partial charge in [-0.2, -0.15) is 0 Å². The van der Waals surface area contributed by atoms with E-state index < -0.39 is 0 Å². The predicted octanol–water partition coefficient (Wildman–Crippen LogP) is 2.78. The van der Waals surface area contributed by atoms with Crippen molar-refractivity contribution in [1.29, 1.82) is 0 Å². The first-order valence-electron chi connectivity index (χ1n) is 9.47. The molecule has 0 bridgehead atoms. The minimum Gasteiger partial charge on any atom is -0.451 e. The largest absolute Gasteiger partial charge is 0.451 e. The lowest BCUT2D eigenvalue weighted by Crippen LogP contribution is -2.36. The van der Waals surface area contributed by atoms with Crippen LogP contribution in [0.4, 0.5) is 0 Å². The van der Waals surface area contributed by atoms with Gasteiger partial charge in [0, 0.05) is 45.0 Å². The van der Waals surface area contributed by atoms with Crippen molar-refractivity contribution in [2.24, 2.45) is 0 Å². The third-order valence-corrected chi connectivity index (χ3v) is 4.98. The Kier molecular flexibility index (Phi) is 5.12. The minimum atomic E-state index is -0.165. The number of fused-ring (bicyclic) bond motifs is 1. The number of rotatable bonds is 4. The Labute approximate surface area is 168 Å². The summed E-state index contributed by atoms with van der Waals surface area (Å²) in [7, 11) is 3.39. The fourth-order valence-corrected chi connectivity index (χ4v) is 3.44. The van der Waals surface area contributed by atoms with Crippen LogP contribution in [0.25, 0.3) is 16.5 Å². The summed E-state index contributed by atoms with van der Waals surface area (Å²) in [6, 6.07) is 7.62. The maximum atomic E-state index is 12.7. The highest BCUT2D eigenvalue weighted by molar-refractivity contribution is 5.96. The van der Waals surface area contributed by atoms with Gasteiger partial charge in [0.25, 0.3) is 5.91 Å². The van der Waals surface area contributed by atoms with Crippen molar-refractivity contribution in [3.05, 3.63) is 65.9 Å². The molecule has 7 nitrogen and oxygen atoms in total. The Hall–Kier alpha value is -3.48. The lowest BCUT2D eigenvalue weighted by atomic mass is 9.99. The summed E-state index contributed by atoms with van der Waals surface area (Å²) in [5, 5.41) is 0.874. The van der Waals surface area contributed by atoms with E-state index in [1.165, 1.54) is 11.2 Å². The molecule has 7 heteroatoms. The molecule has 0 atom stereocenters. The molecule has 0 spiro atoms. The Balaban J connectivity index is 1.52. The zero-order chi connectivity index (χ0) is 20.4. The molecule has 3 aromatic rings. The first kappa shape index (κ1) is 18.9. The molecule has 29 heavy (non-hydrogen) atoms. The quantitative estimate of drug-likeness (QED) is 0.684. The van der Waals surface area contributed by atoms with Gasteiger partial charge in [-0.15, -0.1) is 0 Å². The molecule has 1 aliphatic rings. The van der Waals surface area contributed by atoms with Crippen LogP contribution in [-0.2, 0) is 11.2 Å². The summed E-state index contributed by atoms with van der Waals surface area (Å²) in [6.45, 7) is 1.25. The monoisotopic (exact) mass is 390 g/mol. The Morgan fingerprint density at radius 2 is 1.97 bits per heavy atom. The number of nitrogens with zero attached hydrogens (tertiary/aromatic N) is 4. The molecule has 148 valence electrons. The second kappa shape index (κ2) is 7.87. The number of carbonyl (C=O) groups is 2. The first-order chi connectivity index (χ1) is 14.0. The van der Waals surface area contributed by atoms with Crippen LogP contribution in [0.15, 0.2) is 53.5 Å². The zero-order valence-corrected chi connectivity index (χ0v) is 16.5. The molecule has 0 saturated heterocycles. The molecule has 3 heterocycles. The summed E-state index contributed by atoms with van der Waals surface area (Å²) >= 11 is 0. The maximum Gasteiger partial charge on any atom is 0.289 e. The van der Waals surface area contributed by atoms with E-state index in [1.54, 1.807) is 32.6 Å². The molecular weight excluding hydrogens is 368 g/mol.